The summed E-state index contributed by atoms with van der Waals surface area (Å²) in [6, 6.07) is 7.04. The van der Waals surface area contributed by atoms with Gasteiger partial charge in [-0.05, 0) is 12.5 Å². The predicted molar refractivity (Wildman–Crippen MR) is 61.0 cm³/mol. The van der Waals surface area contributed by atoms with Gasteiger partial charge in [-0.25, -0.2) is 4.79 Å². The van der Waals surface area contributed by atoms with Crippen molar-refractivity contribution in [2.45, 2.75) is 12.8 Å². The van der Waals surface area contributed by atoms with Gasteiger partial charge < -0.3 is 9.47 Å². The van der Waals surface area contributed by atoms with E-state index in [2.05, 4.69) is 4.74 Å². The first-order chi connectivity index (χ1) is 8.22. The topological polar surface area (TPSA) is 52.6 Å². The largest absolute Gasteiger partial charge is 0.460 e. The van der Waals surface area contributed by atoms with Crippen LogP contribution in [-0.4, -0.2) is 31.6 Å². The minimum absolute atomic E-state index is 0.210. The smallest absolute Gasteiger partial charge is 0.379 e. The third kappa shape index (κ3) is 2.53. The molecule has 0 unspecified atom stereocenters. The maximum atomic E-state index is 11.6. The molecule has 2 rings (SSSR count). The van der Waals surface area contributed by atoms with E-state index in [4.69, 9.17) is 4.74 Å². The fraction of sp³-hybridized carbons (Fsp3) is 0.385. The lowest BCUT2D eigenvalue weighted by Gasteiger charge is -2.26. The van der Waals surface area contributed by atoms with Crippen LogP contribution in [0.3, 0.4) is 0 Å². The van der Waals surface area contributed by atoms with Crippen LogP contribution < -0.4 is 0 Å². The van der Waals surface area contributed by atoms with Crippen LogP contribution in [0.4, 0.5) is 0 Å². The molecule has 0 aliphatic carbocycles. The molecule has 1 aliphatic rings. The van der Waals surface area contributed by atoms with Crippen LogP contribution >= 0.6 is 0 Å². The Hall–Kier alpha value is -1.68. The molecule has 1 saturated heterocycles. The van der Waals surface area contributed by atoms with Gasteiger partial charge in [0.25, 0.3) is 5.78 Å². The summed E-state index contributed by atoms with van der Waals surface area (Å²) < 4.78 is 9.76. The Morgan fingerprint density at radius 1 is 1.29 bits per heavy atom. The number of ether oxygens (including phenoxy) is 2. The summed E-state index contributed by atoms with van der Waals surface area (Å²) in [4.78, 5) is 22.8. The van der Waals surface area contributed by atoms with E-state index in [9.17, 15) is 9.59 Å². The van der Waals surface area contributed by atoms with Gasteiger partial charge >= 0.3 is 5.97 Å². The summed E-state index contributed by atoms with van der Waals surface area (Å²) in [5.41, 5.74) is 1.50. The van der Waals surface area contributed by atoms with Crippen molar-refractivity contribution in [1.82, 2.24) is 0 Å². The molecule has 1 aliphatic heterocycles. The Morgan fingerprint density at radius 2 is 1.94 bits per heavy atom. The molecule has 0 spiro atoms. The third-order valence-corrected chi connectivity index (χ3v) is 2.74. The molecule has 1 heterocycles. The standard InChI is InChI=1S/C13H14O4/c1-2-17-13(15)12(14)10-5-3-9(4-6-10)11-7-16-8-11/h3-6,11H,2,7-8H2,1H3. The zero-order valence-corrected chi connectivity index (χ0v) is 9.64. The van der Waals surface area contributed by atoms with Crippen LogP contribution in [0.15, 0.2) is 24.3 Å². The van der Waals surface area contributed by atoms with E-state index >= 15 is 0 Å². The lowest BCUT2D eigenvalue weighted by Crippen LogP contribution is -2.25. The number of ketones is 1. The Bertz CT molecular complexity index is 418. The van der Waals surface area contributed by atoms with E-state index in [1.807, 2.05) is 12.1 Å². The second kappa shape index (κ2) is 5.10. The van der Waals surface area contributed by atoms with Crippen molar-refractivity contribution >= 4 is 11.8 Å². The molecular formula is C13H14O4. The van der Waals surface area contributed by atoms with E-state index in [1.54, 1.807) is 19.1 Å². The third-order valence-electron chi connectivity index (χ3n) is 2.74. The Kier molecular flexibility index (Phi) is 3.54. The molecule has 17 heavy (non-hydrogen) atoms. The summed E-state index contributed by atoms with van der Waals surface area (Å²) in [6.07, 6.45) is 0. The van der Waals surface area contributed by atoms with Crippen molar-refractivity contribution < 1.29 is 19.1 Å². The molecule has 1 aromatic carbocycles. The number of hydrogen-bond acceptors (Lipinski definition) is 4. The molecule has 4 nitrogen and oxygen atoms in total. The summed E-state index contributed by atoms with van der Waals surface area (Å²) in [5.74, 6) is -0.975. The molecule has 0 bridgehead atoms. The Morgan fingerprint density at radius 3 is 2.41 bits per heavy atom. The lowest BCUT2D eigenvalue weighted by molar-refractivity contribution is -0.137. The highest BCUT2D eigenvalue weighted by atomic mass is 16.5. The maximum absolute atomic E-state index is 11.6. The maximum Gasteiger partial charge on any atom is 0.379 e. The van der Waals surface area contributed by atoms with Gasteiger partial charge in [0.2, 0.25) is 0 Å². The van der Waals surface area contributed by atoms with E-state index in [-0.39, 0.29) is 6.61 Å². The molecule has 0 N–H and O–H groups in total. The highest BCUT2D eigenvalue weighted by molar-refractivity contribution is 6.40. The molecule has 1 aromatic rings. The molecule has 0 atom stereocenters. The highest BCUT2D eigenvalue weighted by Gasteiger charge is 2.22. The molecule has 90 valence electrons. The molecule has 4 heteroatoms. The predicted octanol–water partition coefficient (Wildman–Crippen LogP) is 1.55. The van der Waals surface area contributed by atoms with Crippen LogP contribution in [0.1, 0.15) is 28.8 Å². The number of carbonyl (C=O) groups excluding carboxylic acids is 2. The fourth-order valence-electron chi connectivity index (χ4n) is 1.65. The number of esters is 1. The van der Waals surface area contributed by atoms with Crippen LogP contribution in [0.5, 0.6) is 0 Å². The van der Waals surface area contributed by atoms with Gasteiger partial charge in [0.05, 0.1) is 19.8 Å². The number of carbonyl (C=O) groups is 2. The van der Waals surface area contributed by atoms with Gasteiger partial charge in [-0.1, -0.05) is 24.3 Å². The number of Topliss-reactive ketones (excluding diaryl/α,β-unsaturated/α-hetero) is 1. The molecule has 1 fully saturated rings. The van der Waals surface area contributed by atoms with Gasteiger partial charge in [-0.2, -0.15) is 0 Å². The highest BCUT2D eigenvalue weighted by Crippen LogP contribution is 2.24. The minimum Gasteiger partial charge on any atom is -0.460 e. The van der Waals surface area contributed by atoms with Crippen molar-refractivity contribution in [3.8, 4) is 0 Å². The summed E-state index contributed by atoms with van der Waals surface area (Å²) >= 11 is 0. The zero-order valence-electron chi connectivity index (χ0n) is 9.64. The Balaban J connectivity index is 2.06. The van der Waals surface area contributed by atoms with Gasteiger partial charge in [-0.15, -0.1) is 0 Å². The average Bonchev–Trinajstić information content (AvgIpc) is 2.27. The van der Waals surface area contributed by atoms with Crippen molar-refractivity contribution in [2.24, 2.45) is 0 Å². The van der Waals surface area contributed by atoms with E-state index in [0.717, 1.165) is 18.8 Å². The monoisotopic (exact) mass is 234 g/mol. The van der Waals surface area contributed by atoms with Crippen LogP contribution in [0.25, 0.3) is 0 Å². The van der Waals surface area contributed by atoms with Crippen LogP contribution in [0, 0.1) is 0 Å². The summed E-state index contributed by atoms with van der Waals surface area (Å²) in [7, 11) is 0. The van der Waals surface area contributed by atoms with Crippen LogP contribution in [0.2, 0.25) is 0 Å². The Labute approximate surface area is 99.5 Å². The first-order valence-electron chi connectivity index (χ1n) is 5.61. The minimum atomic E-state index is -0.799. The van der Waals surface area contributed by atoms with Crippen molar-refractivity contribution in [3.05, 3.63) is 35.4 Å². The quantitative estimate of drug-likeness (QED) is 0.450. The second-order valence-corrected chi connectivity index (χ2v) is 3.91. The van der Waals surface area contributed by atoms with E-state index in [1.165, 1.54) is 0 Å². The summed E-state index contributed by atoms with van der Waals surface area (Å²) in [5, 5.41) is 0. The SMILES string of the molecule is CCOC(=O)C(=O)c1ccc(C2COC2)cc1. The number of hydrogen-bond donors (Lipinski definition) is 0. The normalized spacial score (nSPS) is 15.1. The van der Waals surface area contributed by atoms with Gasteiger partial charge in [0.15, 0.2) is 0 Å². The molecule has 0 amide bonds. The lowest BCUT2D eigenvalue weighted by atomic mass is 9.96. The molecule has 0 saturated carbocycles. The number of rotatable bonds is 4. The van der Waals surface area contributed by atoms with Crippen molar-refractivity contribution in [2.75, 3.05) is 19.8 Å². The van der Waals surface area contributed by atoms with Crippen molar-refractivity contribution in [3.63, 3.8) is 0 Å². The molecular weight excluding hydrogens is 220 g/mol. The van der Waals surface area contributed by atoms with Gasteiger partial charge in [0, 0.05) is 11.5 Å². The second-order valence-electron chi connectivity index (χ2n) is 3.91. The molecule has 0 aromatic heterocycles. The van der Waals surface area contributed by atoms with E-state index < -0.39 is 11.8 Å². The number of benzene rings is 1. The fourth-order valence-corrected chi connectivity index (χ4v) is 1.65. The summed E-state index contributed by atoms with van der Waals surface area (Å²) in [6.45, 7) is 3.34. The van der Waals surface area contributed by atoms with E-state index in [0.29, 0.717) is 11.5 Å². The van der Waals surface area contributed by atoms with Crippen molar-refractivity contribution in [1.29, 1.82) is 0 Å². The van der Waals surface area contributed by atoms with Gasteiger partial charge in [0.1, 0.15) is 0 Å². The molecule has 0 radical (unpaired) electrons. The van der Waals surface area contributed by atoms with Crippen LogP contribution in [-0.2, 0) is 14.3 Å². The zero-order chi connectivity index (χ0) is 12.3. The first-order valence-corrected chi connectivity index (χ1v) is 5.61. The van der Waals surface area contributed by atoms with Gasteiger partial charge in [-0.3, -0.25) is 4.79 Å². The average molecular weight is 234 g/mol. The first kappa shape index (κ1) is 11.8.